The Morgan fingerprint density at radius 2 is 1.74 bits per heavy atom. The number of hydrogen-bond donors (Lipinski definition) is 0. The van der Waals surface area contributed by atoms with Crippen molar-refractivity contribution in [3.8, 4) is 17.3 Å². The van der Waals surface area contributed by atoms with Crippen LogP contribution in [-0.2, 0) is 7.05 Å². The van der Waals surface area contributed by atoms with Gasteiger partial charge in [0.2, 0.25) is 0 Å². The summed E-state index contributed by atoms with van der Waals surface area (Å²) in [6.45, 7) is 6.01. The topological polar surface area (TPSA) is 58.7 Å². The number of hydrogen-bond acceptors (Lipinski definition) is 3. The monoisotopic (exact) mass is 253 g/mol. The molecule has 0 amide bonds. The van der Waals surface area contributed by atoms with E-state index in [0.717, 1.165) is 16.7 Å². The van der Waals surface area contributed by atoms with Gasteiger partial charge in [-0.2, -0.15) is 10.4 Å². The lowest BCUT2D eigenvalue weighted by Gasteiger charge is -2.12. The van der Waals surface area contributed by atoms with Crippen LogP contribution in [0.3, 0.4) is 0 Å². The Bertz CT molecular complexity index is 728. The van der Waals surface area contributed by atoms with E-state index >= 15 is 0 Å². The number of nitriles is 1. The first-order valence-corrected chi connectivity index (χ1v) is 6.00. The molecule has 19 heavy (non-hydrogen) atoms. The normalized spacial score (nSPS) is 10.3. The van der Waals surface area contributed by atoms with Gasteiger partial charge in [0.1, 0.15) is 11.8 Å². The van der Waals surface area contributed by atoms with Crippen LogP contribution in [0.2, 0.25) is 0 Å². The highest BCUT2D eigenvalue weighted by atomic mass is 16.1. The smallest absolute Gasteiger partial charge is 0.267 e. The van der Waals surface area contributed by atoms with Crippen LogP contribution in [0.5, 0.6) is 0 Å². The van der Waals surface area contributed by atoms with E-state index in [1.807, 2.05) is 20.8 Å². The van der Waals surface area contributed by atoms with Crippen LogP contribution in [0.15, 0.2) is 23.0 Å². The van der Waals surface area contributed by atoms with Crippen LogP contribution in [0, 0.1) is 32.1 Å². The van der Waals surface area contributed by atoms with Crippen molar-refractivity contribution in [2.24, 2.45) is 7.05 Å². The summed E-state index contributed by atoms with van der Waals surface area (Å²) in [5.74, 6) is 0. The number of benzene rings is 1. The first-order chi connectivity index (χ1) is 8.93. The fourth-order valence-corrected chi connectivity index (χ4v) is 2.36. The average Bonchev–Trinajstić information content (AvgIpc) is 2.32. The average molecular weight is 253 g/mol. The number of nitrogens with zero attached hydrogens (tertiary/aromatic N) is 3. The zero-order valence-corrected chi connectivity index (χ0v) is 11.5. The molecule has 2 aromatic rings. The van der Waals surface area contributed by atoms with Gasteiger partial charge in [-0.15, -0.1) is 0 Å². The maximum atomic E-state index is 11.6. The molecule has 96 valence electrons. The highest BCUT2D eigenvalue weighted by Crippen LogP contribution is 2.28. The lowest BCUT2D eigenvalue weighted by atomic mass is 9.95. The SMILES string of the molecule is Cc1cc(C)c(-c2nn(C)c(=O)cc2C#N)c(C)c1. The molecule has 0 N–H and O–H groups in total. The van der Waals surface area contributed by atoms with E-state index in [1.165, 1.54) is 16.3 Å². The Kier molecular flexibility index (Phi) is 3.22. The molecule has 0 spiro atoms. The van der Waals surface area contributed by atoms with Crippen LogP contribution in [0.25, 0.3) is 11.3 Å². The number of rotatable bonds is 1. The summed E-state index contributed by atoms with van der Waals surface area (Å²) in [6, 6.07) is 7.49. The van der Waals surface area contributed by atoms with Gasteiger partial charge in [0.05, 0.1) is 5.56 Å². The van der Waals surface area contributed by atoms with Gasteiger partial charge in [-0.1, -0.05) is 17.7 Å². The standard InChI is InChI=1S/C15H15N3O/c1-9-5-10(2)14(11(3)6-9)15-12(8-16)7-13(19)18(4)17-15/h5-7H,1-4H3. The van der Waals surface area contributed by atoms with Gasteiger partial charge in [0.25, 0.3) is 5.56 Å². The Hall–Kier alpha value is -2.41. The van der Waals surface area contributed by atoms with Crippen LogP contribution in [0.4, 0.5) is 0 Å². The quantitative estimate of drug-likeness (QED) is 0.783. The maximum absolute atomic E-state index is 11.6. The summed E-state index contributed by atoms with van der Waals surface area (Å²) in [6.07, 6.45) is 0. The molecule has 0 saturated carbocycles. The van der Waals surface area contributed by atoms with Crippen LogP contribution >= 0.6 is 0 Å². The molecular formula is C15H15N3O. The molecule has 1 aromatic carbocycles. The van der Waals surface area contributed by atoms with E-state index in [4.69, 9.17) is 0 Å². The van der Waals surface area contributed by atoms with Crippen molar-refractivity contribution < 1.29 is 0 Å². The molecule has 4 heteroatoms. The second kappa shape index (κ2) is 4.69. The third kappa shape index (κ3) is 2.27. The first-order valence-electron chi connectivity index (χ1n) is 6.00. The summed E-state index contributed by atoms with van der Waals surface area (Å²) in [5.41, 5.74) is 4.82. The fourth-order valence-electron chi connectivity index (χ4n) is 2.36. The highest BCUT2D eigenvalue weighted by molar-refractivity contribution is 5.72. The minimum Gasteiger partial charge on any atom is -0.268 e. The second-order valence-corrected chi connectivity index (χ2v) is 4.75. The lowest BCUT2D eigenvalue weighted by Crippen LogP contribution is -2.20. The molecule has 4 nitrogen and oxygen atoms in total. The first kappa shape index (κ1) is 13.0. The molecule has 0 saturated heterocycles. The van der Waals surface area contributed by atoms with Crippen molar-refractivity contribution in [3.63, 3.8) is 0 Å². The molecule has 0 aliphatic rings. The van der Waals surface area contributed by atoms with E-state index in [9.17, 15) is 10.1 Å². The highest BCUT2D eigenvalue weighted by Gasteiger charge is 2.14. The number of aryl methyl sites for hydroxylation is 4. The van der Waals surface area contributed by atoms with Gasteiger partial charge in [-0.25, -0.2) is 4.68 Å². The fraction of sp³-hybridized carbons (Fsp3) is 0.267. The van der Waals surface area contributed by atoms with Gasteiger partial charge in [0.15, 0.2) is 0 Å². The second-order valence-electron chi connectivity index (χ2n) is 4.75. The van der Waals surface area contributed by atoms with E-state index < -0.39 is 0 Å². The Morgan fingerprint density at radius 1 is 1.16 bits per heavy atom. The zero-order valence-electron chi connectivity index (χ0n) is 11.5. The summed E-state index contributed by atoms with van der Waals surface area (Å²) < 4.78 is 1.26. The van der Waals surface area contributed by atoms with Gasteiger partial charge in [0, 0.05) is 18.7 Å². The van der Waals surface area contributed by atoms with Crippen molar-refractivity contribution in [2.75, 3.05) is 0 Å². The predicted molar refractivity (Wildman–Crippen MR) is 73.8 cm³/mol. The minimum atomic E-state index is -0.275. The molecule has 1 heterocycles. The molecular weight excluding hydrogens is 238 g/mol. The van der Waals surface area contributed by atoms with Gasteiger partial charge >= 0.3 is 0 Å². The Labute approximate surface area is 111 Å². The summed E-state index contributed by atoms with van der Waals surface area (Å²) in [5, 5.41) is 13.4. The third-order valence-corrected chi connectivity index (χ3v) is 3.13. The van der Waals surface area contributed by atoms with Crippen molar-refractivity contribution in [1.29, 1.82) is 5.26 Å². The largest absolute Gasteiger partial charge is 0.268 e. The van der Waals surface area contributed by atoms with Gasteiger partial charge in [-0.05, 0) is 31.9 Å². The maximum Gasteiger partial charge on any atom is 0.267 e. The molecule has 1 aromatic heterocycles. The van der Waals surface area contributed by atoms with E-state index in [2.05, 4.69) is 23.3 Å². The summed E-state index contributed by atoms with van der Waals surface area (Å²) >= 11 is 0. The molecule has 2 rings (SSSR count). The van der Waals surface area contributed by atoms with Crippen LogP contribution in [-0.4, -0.2) is 9.78 Å². The van der Waals surface area contributed by atoms with Gasteiger partial charge in [-0.3, -0.25) is 4.79 Å². The van der Waals surface area contributed by atoms with Crippen molar-refractivity contribution in [1.82, 2.24) is 9.78 Å². The third-order valence-electron chi connectivity index (χ3n) is 3.13. The zero-order chi connectivity index (χ0) is 14.2. The lowest BCUT2D eigenvalue weighted by molar-refractivity contribution is 0.710. The molecule has 0 fully saturated rings. The molecule has 0 radical (unpaired) electrons. The minimum absolute atomic E-state index is 0.275. The molecule has 0 atom stereocenters. The molecule has 0 aliphatic carbocycles. The predicted octanol–water partition coefficient (Wildman–Crippen LogP) is 2.24. The van der Waals surface area contributed by atoms with Crippen molar-refractivity contribution in [2.45, 2.75) is 20.8 Å². The Balaban J connectivity index is 2.84. The van der Waals surface area contributed by atoms with E-state index in [1.54, 1.807) is 7.05 Å². The molecule has 0 unspecified atom stereocenters. The van der Waals surface area contributed by atoms with E-state index in [-0.39, 0.29) is 5.56 Å². The van der Waals surface area contributed by atoms with Crippen molar-refractivity contribution >= 4 is 0 Å². The van der Waals surface area contributed by atoms with Crippen molar-refractivity contribution in [3.05, 3.63) is 50.8 Å². The molecule has 0 aliphatic heterocycles. The summed E-state index contributed by atoms with van der Waals surface area (Å²) in [7, 11) is 1.59. The van der Waals surface area contributed by atoms with Crippen LogP contribution < -0.4 is 5.56 Å². The van der Waals surface area contributed by atoms with Crippen LogP contribution in [0.1, 0.15) is 22.3 Å². The number of aromatic nitrogens is 2. The summed E-state index contributed by atoms with van der Waals surface area (Å²) in [4.78, 5) is 11.6. The van der Waals surface area contributed by atoms with Gasteiger partial charge < -0.3 is 0 Å². The Morgan fingerprint density at radius 3 is 2.26 bits per heavy atom. The van der Waals surface area contributed by atoms with E-state index in [0.29, 0.717) is 11.3 Å². The molecule has 0 bridgehead atoms.